The normalized spacial score (nSPS) is 23.2. The predicted molar refractivity (Wildman–Crippen MR) is 75.2 cm³/mol. The number of carbonyl (C=O) groups excluding carboxylic acids is 1. The van der Waals surface area contributed by atoms with Crippen LogP contribution in [0, 0.1) is 6.92 Å². The smallest absolute Gasteiger partial charge is 0.177 e. The van der Waals surface area contributed by atoms with Crippen LogP contribution >= 0.6 is 0 Å². The average molecular weight is 281 g/mol. The molecule has 5 heteroatoms. The molecule has 0 amide bonds. The third kappa shape index (κ3) is 3.42. The van der Waals surface area contributed by atoms with Gasteiger partial charge >= 0.3 is 0 Å². The van der Waals surface area contributed by atoms with Gasteiger partial charge in [-0.15, -0.1) is 0 Å². The first-order valence-corrected chi connectivity index (χ1v) is 8.24. The number of hydrogen-bond acceptors (Lipinski definition) is 4. The molecule has 0 radical (unpaired) electrons. The highest BCUT2D eigenvalue weighted by molar-refractivity contribution is 7.91. The fraction of sp³-hybridized carbons (Fsp3) is 0.500. The van der Waals surface area contributed by atoms with E-state index in [9.17, 15) is 13.2 Å². The Hall–Kier alpha value is -1.20. The van der Waals surface area contributed by atoms with Crippen LogP contribution in [0.25, 0.3) is 0 Å². The zero-order valence-corrected chi connectivity index (χ0v) is 12.1. The van der Waals surface area contributed by atoms with Crippen LogP contribution in [-0.4, -0.2) is 49.7 Å². The molecule has 1 fully saturated rings. The maximum atomic E-state index is 12.2. The van der Waals surface area contributed by atoms with Crippen LogP contribution in [-0.2, 0) is 9.84 Å². The van der Waals surface area contributed by atoms with Gasteiger partial charge in [0.15, 0.2) is 15.6 Å². The topological polar surface area (TPSA) is 54.5 Å². The largest absolute Gasteiger partial charge is 0.293 e. The summed E-state index contributed by atoms with van der Waals surface area (Å²) in [4.78, 5) is 14.2. The Morgan fingerprint density at radius 2 is 2.05 bits per heavy atom. The Morgan fingerprint density at radius 3 is 2.68 bits per heavy atom. The van der Waals surface area contributed by atoms with Crippen molar-refractivity contribution in [3.05, 3.63) is 35.4 Å². The number of sulfone groups is 1. The summed E-state index contributed by atoms with van der Waals surface area (Å²) in [5.74, 6) is 0.358. The van der Waals surface area contributed by atoms with Crippen molar-refractivity contribution in [2.45, 2.75) is 19.9 Å². The van der Waals surface area contributed by atoms with Gasteiger partial charge in [0.2, 0.25) is 0 Å². The highest BCUT2D eigenvalue weighted by Crippen LogP contribution is 2.14. The Morgan fingerprint density at radius 1 is 1.37 bits per heavy atom. The van der Waals surface area contributed by atoms with Crippen LogP contribution in [0.4, 0.5) is 0 Å². The molecule has 0 aromatic heterocycles. The molecule has 1 atom stereocenters. The molecule has 2 rings (SSSR count). The van der Waals surface area contributed by atoms with E-state index in [0.29, 0.717) is 13.1 Å². The first-order valence-electron chi connectivity index (χ1n) is 6.42. The Bertz CT molecular complexity index is 580. The molecule has 0 aliphatic carbocycles. The van der Waals surface area contributed by atoms with Gasteiger partial charge in [0, 0.05) is 18.2 Å². The molecule has 0 bridgehead atoms. The first-order chi connectivity index (χ1) is 8.89. The van der Waals surface area contributed by atoms with E-state index in [1.165, 1.54) is 0 Å². The maximum Gasteiger partial charge on any atom is 0.177 e. The highest BCUT2D eigenvalue weighted by Gasteiger charge is 2.29. The number of benzene rings is 1. The number of rotatable bonds is 3. The Balaban J connectivity index is 2.06. The molecule has 1 saturated heterocycles. The van der Waals surface area contributed by atoms with Crippen LogP contribution in [0.3, 0.4) is 0 Å². The number of ketones is 1. The molecule has 1 heterocycles. The summed E-state index contributed by atoms with van der Waals surface area (Å²) < 4.78 is 23.0. The molecule has 1 aliphatic rings. The van der Waals surface area contributed by atoms with E-state index < -0.39 is 9.84 Å². The fourth-order valence-electron chi connectivity index (χ4n) is 2.42. The highest BCUT2D eigenvalue weighted by atomic mass is 32.2. The second-order valence-electron chi connectivity index (χ2n) is 5.17. The molecular weight excluding hydrogens is 262 g/mol. The van der Waals surface area contributed by atoms with E-state index in [-0.39, 0.29) is 23.3 Å². The summed E-state index contributed by atoms with van der Waals surface area (Å²) in [5.41, 5.74) is 1.69. The van der Waals surface area contributed by atoms with Crippen LogP contribution < -0.4 is 0 Å². The lowest BCUT2D eigenvalue weighted by Gasteiger charge is -2.32. The lowest BCUT2D eigenvalue weighted by Crippen LogP contribution is -2.48. The lowest BCUT2D eigenvalue weighted by atomic mass is 10.0. The van der Waals surface area contributed by atoms with Crippen molar-refractivity contribution in [2.24, 2.45) is 0 Å². The minimum absolute atomic E-state index is 0.0595. The Kier molecular flexibility index (Phi) is 4.06. The van der Waals surface area contributed by atoms with Crippen molar-refractivity contribution in [3.63, 3.8) is 0 Å². The van der Waals surface area contributed by atoms with E-state index in [2.05, 4.69) is 0 Å². The molecule has 1 unspecified atom stereocenters. The maximum absolute atomic E-state index is 12.2. The van der Waals surface area contributed by atoms with Crippen LogP contribution in [0.5, 0.6) is 0 Å². The summed E-state index contributed by atoms with van der Waals surface area (Å²) in [5, 5.41) is 0. The second kappa shape index (κ2) is 5.43. The van der Waals surface area contributed by atoms with Crippen molar-refractivity contribution in [1.29, 1.82) is 0 Å². The zero-order valence-electron chi connectivity index (χ0n) is 11.3. The third-order valence-corrected chi connectivity index (χ3v) is 5.40. The molecule has 1 aromatic carbocycles. The van der Waals surface area contributed by atoms with Gasteiger partial charge in [0.05, 0.1) is 18.1 Å². The molecule has 19 heavy (non-hydrogen) atoms. The van der Waals surface area contributed by atoms with Gasteiger partial charge in [-0.3, -0.25) is 9.69 Å². The van der Waals surface area contributed by atoms with Gasteiger partial charge in [-0.1, -0.05) is 24.3 Å². The quantitative estimate of drug-likeness (QED) is 0.784. The summed E-state index contributed by atoms with van der Waals surface area (Å²) in [6, 6.07) is 7.40. The summed E-state index contributed by atoms with van der Waals surface area (Å²) in [7, 11) is -2.93. The summed E-state index contributed by atoms with van der Waals surface area (Å²) in [6.07, 6.45) is 0. The molecule has 104 valence electrons. The molecule has 1 aliphatic heterocycles. The van der Waals surface area contributed by atoms with Crippen LogP contribution in [0.2, 0.25) is 0 Å². The van der Waals surface area contributed by atoms with Gasteiger partial charge in [-0.2, -0.15) is 0 Å². The lowest BCUT2D eigenvalue weighted by molar-refractivity contribution is 0.0908. The summed E-state index contributed by atoms with van der Waals surface area (Å²) >= 11 is 0. The van der Waals surface area contributed by atoms with E-state index in [4.69, 9.17) is 0 Å². The minimum atomic E-state index is -2.93. The average Bonchev–Trinajstić information content (AvgIpc) is 2.32. The van der Waals surface area contributed by atoms with Gasteiger partial charge in [0.25, 0.3) is 0 Å². The van der Waals surface area contributed by atoms with Crippen molar-refractivity contribution in [1.82, 2.24) is 4.90 Å². The number of hydrogen-bond donors (Lipinski definition) is 0. The standard InChI is InChI=1S/C14H19NO3S/c1-11-5-3-4-6-13(11)14(16)9-15-7-8-19(17,18)10-12(15)2/h3-6,12H,7-10H2,1-2H3. The van der Waals surface area contributed by atoms with E-state index in [1.807, 2.05) is 43.0 Å². The van der Waals surface area contributed by atoms with E-state index >= 15 is 0 Å². The van der Waals surface area contributed by atoms with Crippen LogP contribution in [0.1, 0.15) is 22.8 Å². The number of aryl methyl sites for hydroxylation is 1. The van der Waals surface area contributed by atoms with Gasteiger partial charge in [-0.25, -0.2) is 8.42 Å². The zero-order chi connectivity index (χ0) is 14.0. The van der Waals surface area contributed by atoms with Crippen molar-refractivity contribution < 1.29 is 13.2 Å². The number of Topliss-reactive ketones (excluding diaryl/α,β-unsaturated/α-hetero) is 1. The third-order valence-electron chi connectivity index (χ3n) is 3.60. The van der Waals surface area contributed by atoms with Crippen molar-refractivity contribution in [2.75, 3.05) is 24.6 Å². The van der Waals surface area contributed by atoms with Crippen molar-refractivity contribution >= 4 is 15.6 Å². The van der Waals surface area contributed by atoms with E-state index in [1.54, 1.807) is 0 Å². The Labute approximate surface area is 114 Å². The van der Waals surface area contributed by atoms with Gasteiger partial charge in [-0.05, 0) is 19.4 Å². The summed E-state index contributed by atoms with van der Waals surface area (Å²) in [6.45, 7) is 4.52. The van der Waals surface area contributed by atoms with Crippen LogP contribution in [0.15, 0.2) is 24.3 Å². The number of nitrogens with zero attached hydrogens (tertiary/aromatic N) is 1. The molecule has 1 aromatic rings. The molecule has 0 spiro atoms. The van der Waals surface area contributed by atoms with Gasteiger partial charge < -0.3 is 0 Å². The molecular formula is C14H19NO3S. The van der Waals surface area contributed by atoms with Crippen molar-refractivity contribution in [3.8, 4) is 0 Å². The SMILES string of the molecule is Cc1ccccc1C(=O)CN1CCS(=O)(=O)CC1C. The molecule has 4 nitrogen and oxygen atoms in total. The first kappa shape index (κ1) is 14.2. The van der Waals surface area contributed by atoms with Gasteiger partial charge in [0.1, 0.15) is 0 Å². The monoisotopic (exact) mass is 281 g/mol. The minimum Gasteiger partial charge on any atom is -0.293 e. The molecule has 0 N–H and O–H groups in total. The predicted octanol–water partition coefficient (Wildman–Crippen LogP) is 1.30. The fourth-order valence-corrected chi connectivity index (χ4v) is 4.05. The second-order valence-corrected chi connectivity index (χ2v) is 7.40. The van der Waals surface area contributed by atoms with E-state index in [0.717, 1.165) is 11.1 Å². The number of carbonyl (C=O) groups is 1. The molecule has 0 saturated carbocycles.